The molecule has 0 saturated carbocycles. The van der Waals surface area contributed by atoms with Gasteiger partial charge in [-0.3, -0.25) is 9.69 Å². The van der Waals surface area contributed by atoms with Crippen molar-refractivity contribution in [2.75, 3.05) is 26.2 Å². The van der Waals surface area contributed by atoms with Gasteiger partial charge in [0, 0.05) is 54.2 Å². The van der Waals surface area contributed by atoms with Crippen LogP contribution in [-0.2, 0) is 17.8 Å². The number of hydrogen-bond donors (Lipinski definition) is 1. The summed E-state index contributed by atoms with van der Waals surface area (Å²) in [7, 11) is 0. The Kier molecular flexibility index (Phi) is 4.59. The largest absolute Gasteiger partial charge is 0.358 e. The maximum Gasteiger partial charge on any atom is 0.227 e. The highest BCUT2D eigenvalue weighted by Gasteiger charge is 2.22. The maximum absolute atomic E-state index is 12.8. The topological polar surface area (TPSA) is 39.3 Å². The summed E-state index contributed by atoms with van der Waals surface area (Å²) in [6.07, 6.45) is 0.487. The van der Waals surface area contributed by atoms with Crippen molar-refractivity contribution in [2.24, 2.45) is 0 Å². The minimum Gasteiger partial charge on any atom is -0.358 e. The van der Waals surface area contributed by atoms with E-state index in [0.29, 0.717) is 6.42 Å². The van der Waals surface area contributed by atoms with Crippen molar-refractivity contribution >= 4 is 28.1 Å². The van der Waals surface area contributed by atoms with Gasteiger partial charge in [0.2, 0.25) is 5.91 Å². The number of benzene rings is 1. The molecule has 3 aromatic rings. The number of piperazine rings is 1. The summed E-state index contributed by atoms with van der Waals surface area (Å²) < 4.78 is 0. The summed E-state index contributed by atoms with van der Waals surface area (Å²) in [5, 5.41) is 3.29. The van der Waals surface area contributed by atoms with E-state index in [1.54, 1.807) is 11.3 Å². The van der Waals surface area contributed by atoms with Crippen LogP contribution < -0.4 is 0 Å². The second-order valence-electron chi connectivity index (χ2n) is 6.69. The summed E-state index contributed by atoms with van der Waals surface area (Å²) in [5.74, 6) is 0.239. The van der Waals surface area contributed by atoms with E-state index in [2.05, 4.69) is 46.5 Å². The Morgan fingerprint density at radius 2 is 1.92 bits per heavy atom. The normalized spacial score (nSPS) is 15.8. The molecule has 5 heteroatoms. The SMILES string of the molecule is Cc1[nH]c2ccccc2c1CC(=O)N1CCN(Cc2cccs2)CC1. The van der Waals surface area contributed by atoms with E-state index in [9.17, 15) is 4.79 Å². The molecule has 1 aliphatic rings. The zero-order valence-electron chi connectivity index (χ0n) is 14.5. The number of aromatic amines is 1. The molecule has 0 spiro atoms. The molecule has 0 unspecified atom stereocenters. The fourth-order valence-corrected chi connectivity index (χ4v) is 4.35. The summed E-state index contributed by atoms with van der Waals surface area (Å²) in [4.78, 5) is 22.0. The number of aromatic nitrogens is 1. The lowest BCUT2D eigenvalue weighted by molar-refractivity contribution is -0.132. The van der Waals surface area contributed by atoms with Gasteiger partial charge < -0.3 is 9.88 Å². The highest BCUT2D eigenvalue weighted by Crippen LogP contribution is 2.23. The van der Waals surface area contributed by atoms with Gasteiger partial charge in [0.15, 0.2) is 0 Å². The smallest absolute Gasteiger partial charge is 0.227 e. The zero-order chi connectivity index (χ0) is 17.2. The molecular formula is C20H23N3OS. The lowest BCUT2D eigenvalue weighted by Crippen LogP contribution is -2.48. The van der Waals surface area contributed by atoms with E-state index in [-0.39, 0.29) is 5.91 Å². The van der Waals surface area contributed by atoms with Crippen molar-refractivity contribution < 1.29 is 4.79 Å². The van der Waals surface area contributed by atoms with Crippen molar-refractivity contribution in [2.45, 2.75) is 19.9 Å². The molecule has 4 rings (SSSR count). The Labute approximate surface area is 152 Å². The van der Waals surface area contributed by atoms with Gasteiger partial charge in [0.25, 0.3) is 0 Å². The van der Waals surface area contributed by atoms with Crippen molar-refractivity contribution in [3.63, 3.8) is 0 Å². The Morgan fingerprint density at radius 3 is 2.68 bits per heavy atom. The van der Waals surface area contributed by atoms with E-state index in [1.807, 2.05) is 17.0 Å². The van der Waals surface area contributed by atoms with E-state index >= 15 is 0 Å². The summed E-state index contributed by atoms with van der Waals surface area (Å²) in [6.45, 7) is 6.62. The Morgan fingerprint density at radius 1 is 1.12 bits per heavy atom. The van der Waals surface area contributed by atoms with Gasteiger partial charge >= 0.3 is 0 Å². The number of amides is 1. The van der Waals surface area contributed by atoms with E-state index < -0.39 is 0 Å². The van der Waals surface area contributed by atoms with Crippen LogP contribution in [0.4, 0.5) is 0 Å². The third kappa shape index (κ3) is 3.48. The molecule has 1 fully saturated rings. The number of thiophene rings is 1. The van der Waals surface area contributed by atoms with Crippen molar-refractivity contribution in [1.82, 2.24) is 14.8 Å². The summed E-state index contributed by atoms with van der Waals surface area (Å²) >= 11 is 1.80. The predicted octanol–water partition coefficient (Wildman–Crippen LogP) is 3.42. The summed E-state index contributed by atoms with van der Waals surface area (Å²) in [6, 6.07) is 12.5. The minimum atomic E-state index is 0.239. The minimum absolute atomic E-state index is 0.239. The number of fused-ring (bicyclic) bond motifs is 1. The van der Waals surface area contributed by atoms with Crippen LogP contribution in [0.25, 0.3) is 10.9 Å². The number of nitrogens with zero attached hydrogens (tertiary/aromatic N) is 2. The van der Waals surface area contributed by atoms with Crippen LogP contribution >= 0.6 is 11.3 Å². The van der Waals surface area contributed by atoms with Crippen LogP contribution in [0.15, 0.2) is 41.8 Å². The molecule has 0 aliphatic carbocycles. The molecule has 0 radical (unpaired) electrons. The summed E-state index contributed by atoms with van der Waals surface area (Å²) in [5.41, 5.74) is 3.36. The van der Waals surface area contributed by atoms with Crippen LogP contribution in [0, 0.1) is 6.92 Å². The lowest BCUT2D eigenvalue weighted by atomic mass is 10.1. The monoisotopic (exact) mass is 353 g/mol. The van der Waals surface area contributed by atoms with Gasteiger partial charge in [0.1, 0.15) is 0 Å². The Bertz CT molecular complexity index is 860. The third-order valence-electron chi connectivity index (χ3n) is 5.04. The van der Waals surface area contributed by atoms with Crippen LogP contribution in [-0.4, -0.2) is 46.9 Å². The number of H-pyrrole nitrogens is 1. The number of carbonyl (C=O) groups is 1. The van der Waals surface area contributed by atoms with Gasteiger partial charge in [-0.15, -0.1) is 11.3 Å². The van der Waals surface area contributed by atoms with Gasteiger partial charge in [-0.2, -0.15) is 0 Å². The Balaban J connectivity index is 1.38. The molecule has 0 bridgehead atoms. The van der Waals surface area contributed by atoms with Gasteiger partial charge in [-0.25, -0.2) is 0 Å². The first kappa shape index (κ1) is 16.4. The van der Waals surface area contributed by atoms with Gasteiger partial charge in [0.05, 0.1) is 6.42 Å². The van der Waals surface area contributed by atoms with Crippen LogP contribution in [0.2, 0.25) is 0 Å². The molecule has 3 heterocycles. The van der Waals surface area contributed by atoms with E-state index in [1.165, 1.54) is 10.3 Å². The molecule has 25 heavy (non-hydrogen) atoms. The number of aryl methyl sites for hydroxylation is 1. The first-order valence-corrected chi connectivity index (χ1v) is 9.67. The second-order valence-corrected chi connectivity index (χ2v) is 7.72. The standard InChI is InChI=1S/C20H23N3OS/c1-15-18(17-6-2-3-7-19(17)21-15)13-20(24)23-10-8-22(9-11-23)14-16-5-4-12-25-16/h2-7,12,21H,8-11,13-14H2,1H3. The van der Waals surface area contributed by atoms with Crippen LogP contribution in [0.1, 0.15) is 16.1 Å². The first-order valence-electron chi connectivity index (χ1n) is 8.79. The molecule has 1 aliphatic heterocycles. The molecule has 0 atom stereocenters. The van der Waals surface area contributed by atoms with Crippen molar-refractivity contribution in [1.29, 1.82) is 0 Å². The molecule has 130 valence electrons. The highest BCUT2D eigenvalue weighted by molar-refractivity contribution is 7.09. The number of carbonyl (C=O) groups excluding carboxylic acids is 1. The third-order valence-corrected chi connectivity index (χ3v) is 5.90. The molecule has 1 N–H and O–H groups in total. The van der Waals surface area contributed by atoms with Crippen LogP contribution in [0.3, 0.4) is 0 Å². The first-order chi connectivity index (χ1) is 12.2. The molecule has 2 aromatic heterocycles. The van der Waals surface area contributed by atoms with E-state index in [4.69, 9.17) is 0 Å². The van der Waals surface area contributed by atoms with Gasteiger partial charge in [-0.1, -0.05) is 24.3 Å². The quantitative estimate of drug-likeness (QED) is 0.781. The Hall–Kier alpha value is -2.11. The average Bonchev–Trinajstić information content (AvgIpc) is 3.24. The number of para-hydroxylation sites is 1. The fourth-order valence-electron chi connectivity index (χ4n) is 3.60. The predicted molar refractivity (Wildman–Crippen MR) is 103 cm³/mol. The van der Waals surface area contributed by atoms with Crippen LogP contribution in [0.5, 0.6) is 0 Å². The fraction of sp³-hybridized carbons (Fsp3) is 0.350. The molecule has 4 nitrogen and oxygen atoms in total. The number of rotatable bonds is 4. The second kappa shape index (κ2) is 7.02. The number of nitrogens with one attached hydrogen (secondary N) is 1. The molecule has 1 aromatic carbocycles. The van der Waals surface area contributed by atoms with E-state index in [0.717, 1.165) is 49.5 Å². The highest BCUT2D eigenvalue weighted by atomic mass is 32.1. The molecular weight excluding hydrogens is 330 g/mol. The van der Waals surface area contributed by atoms with Crippen molar-refractivity contribution in [3.8, 4) is 0 Å². The maximum atomic E-state index is 12.8. The number of hydrogen-bond acceptors (Lipinski definition) is 3. The van der Waals surface area contributed by atoms with Crippen molar-refractivity contribution in [3.05, 3.63) is 57.9 Å². The zero-order valence-corrected chi connectivity index (χ0v) is 15.3. The molecule has 1 saturated heterocycles. The van der Waals surface area contributed by atoms with Gasteiger partial charge in [-0.05, 0) is 30.0 Å². The average molecular weight is 353 g/mol. The molecule has 1 amide bonds. The lowest BCUT2D eigenvalue weighted by Gasteiger charge is -2.34.